The molecule has 0 saturated carbocycles. The molecule has 3 nitrogen and oxygen atoms in total. The fourth-order valence-electron chi connectivity index (χ4n) is 1.78. The number of rotatable bonds is 4. The van der Waals surface area contributed by atoms with Crippen molar-refractivity contribution in [2.75, 3.05) is 11.1 Å². The summed E-state index contributed by atoms with van der Waals surface area (Å²) in [5.74, 6) is -0.0346. The number of Topliss-reactive ketones (excluding diaryl/α,β-unsaturated/α-hetero) is 1. The summed E-state index contributed by atoms with van der Waals surface area (Å²) in [5.41, 5.74) is 8.78. The Bertz CT molecular complexity index is 594. The lowest BCUT2D eigenvalue weighted by molar-refractivity contribution is 0.101. The van der Waals surface area contributed by atoms with Gasteiger partial charge in [-0.3, -0.25) is 4.79 Å². The molecule has 19 heavy (non-hydrogen) atoms. The van der Waals surface area contributed by atoms with Crippen LogP contribution in [0, 0.1) is 0 Å². The Morgan fingerprint density at radius 1 is 1.21 bits per heavy atom. The van der Waals surface area contributed by atoms with E-state index in [4.69, 9.17) is 17.3 Å². The van der Waals surface area contributed by atoms with E-state index in [1.54, 1.807) is 12.1 Å². The highest BCUT2D eigenvalue weighted by molar-refractivity contribution is 6.30. The van der Waals surface area contributed by atoms with E-state index in [0.717, 1.165) is 16.3 Å². The highest BCUT2D eigenvalue weighted by Crippen LogP contribution is 2.19. The molecule has 0 fully saturated rings. The standard InChI is InChI=1S/C15H15ClN2O/c1-10(19)14-8-13(6-7-15(14)17)18-9-11-2-4-12(16)5-3-11/h2-8,18H,9,17H2,1H3. The molecule has 0 atom stereocenters. The minimum absolute atomic E-state index is 0.0346. The fraction of sp³-hybridized carbons (Fsp3) is 0.133. The van der Waals surface area contributed by atoms with Gasteiger partial charge in [0.05, 0.1) is 0 Å². The first-order valence-corrected chi connectivity index (χ1v) is 6.33. The summed E-state index contributed by atoms with van der Waals surface area (Å²) in [6.45, 7) is 2.17. The number of hydrogen-bond acceptors (Lipinski definition) is 3. The van der Waals surface area contributed by atoms with Gasteiger partial charge in [-0.25, -0.2) is 0 Å². The van der Waals surface area contributed by atoms with Crippen LogP contribution in [0.2, 0.25) is 5.02 Å². The van der Waals surface area contributed by atoms with Gasteiger partial charge in [-0.05, 0) is 42.8 Å². The summed E-state index contributed by atoms with van der Waals surface area (Å²) in [6.07, 6.45) is 0. The number of halogens is 1. The lowest BCUT2D eigenvalue weighted by Crippen LogP contribution is -2.03. The van der Waals surface area contributed by atoms with Gasteiger partial charge in [0.25, 0.3) is 0 Å². The maximum Gasteiger partial charge on any atom is 0.161 e. The maximum atomic E-state index is 11.4. The Labute approximate surface area is 117 Å². The van der Waals surface area contributed by atoms with Crippen LogP contribution in [0.5, 0.6) is 0 Å². The summed E-state index contributed by atoms with van der Waals surface area (Å²) in [6, 6.07) is 13.0. The molecule has 2 rings (SSSR count). The SMILES string of the molecule is CC(=O)c1cc(NCc2ccc(Cl)cc2)ccc1N. The average Bonchev–Trinajstić information content (AvgIpc) is 2.39. The van der Waals surface area contributed by atoms with Crippen molar-refractivity contribution in [2.24, 2.45) is 0 Å². The molecule has 0 radical (unpaired) electrons. The van der Waals surface area contributed by atoms with Crippen molar-refractivity contribution in [1.82, 2.24) is 0 Å². The highest BCUT2D eigenvalue weighted by Gasteiger charge is 2.05. The first kappa shape index (κ1) is 13.4. The van der Waals surface area contributed by atoms with E-state index in [9.17, 15) is 4.79 Å². The first-order chi connectivity index (χ1) is 9.06. The molecule has 0 bridgehead atoms. The second-order valence-electron chi connectivity index (χ2n) is 4.34. The Morgan fingerprint density at radius 3 is 2.53 bits per heavy atom. The number of nitrogens with one attached hydrogen (secondary N) is 1. The monoisotopic (exact) mass is 274 g/mol. The van der Waals surface area contributed by atoms with Crippen LogP contribution in [-0.2, 0) is 6.54 Å². The van der Waals surface area contributed by atoms with Crippen LogP contribution in [0.15, 0.2) is 42.5 Å². The van der Waals surface area contributed by atoms with E-state index in [2.05, 4.69) is 5.32 Å². The van der Waals surface area contributed by atoms with Crippen LogP contribution < -0.4 is 11.1 Å². The maximum absolute atomic E-state index is 11.4. The van der Waals surface area contributed by atoms with Crippen LogP contribution >= 0.6 is 11.6 Å². The van der Waals surface area contributed by atoms with Gasteiger partial charge in [-0.2, -0.15) is 0 Å². The molecule has 0 aliphatic rings. The molecule has 4 heteroatoms. The average molecular weight is 275 g/mol. The predicted octanol–water partition coefficient (Wildman–Crippen LogP) is 3.74. The third-order valence-electron chi connectivity index (χ3n) is 2.84. The Kier molecular flexibility index (Phi) is 4.07. The summed E-state index contributed by atoms with van der Waals surface area (Å²) >= 11 is 5.83. The Balaban J connectivity index is 2.09. The van der Waals surface area contributed by atoms with Crippen LogP contribution in [-0.4, -0.2) is 5.78 Å². The van der Waals surface area contributed by atoms with Gasteiger partial charge in [0.1, 0.15) is 0 Å². The second kappa shape index (κ2) is 5.76. The van der Waals surface area contributed by atoms with Crippen molar-refractivity contribution in [3.8, 4) is 0 Å². The Hall–Kier alpha value is -2.00. The quantitative estimate of drug-likeness (QED) is 0.660. The molecular weight excluding hydrogens is 260 g/mol. The minimum atomic E-state index is -0.0346. The van der Waals surface area contributed by atoms with Gasteiger partial charge in [0.2, 0.25) is 0 Å². The number of ketones is 1. The molecule has 0 aromatic heterocycles. The van der Waals surface area contributed by atoms with Crippen LogP contribution in [0.25, 0.3) is 0 Å². The van der Waals surface area contributed by atoms with E-state index in [1.807, 2.05) is 30.3 Å². The van der Waals surface area contributed by atoms with E-state index >= 15 is 0 Å². The number of nitrogen functional groups attached to an aromatic ring is 1. The van der Waals surface area contributed by atoms with Crippen molar-refractivity contribution in [3.63, 3.8) is 0 Å². The summed E-state index contributed by atoms with van der Waals surface area (Å²) in [5, 5.41) is 3.97. The lowest BCUT2D eigenvalue weighted by Gasteiger charge is -2.09. The van der Waals surface area contributed by atoms with Crippen LogP contribution in [0.4, 0.5) is 11.4 Å². The molecular formula is C15H15ClN2O. The van der Waals surface area contributed by atoms with Crippen molar-refractivity contribution in [2.45, 2.75) is 13.5 Å². The van der Waals surface area contributed by atoms with Gasteiger partial charge in [-0.15, -0.1) is 0 Å². The number of carbonyl (C=O) groups is 1. The normalized spacial score (nSPS) is 10.2. The number of benzene rings is 2. The molecule has 0 spiro atoms. The zero-order valence-electron chi connectivity index (χ0n) is 10.6. The molecule has 0 amide bonds. The first-order valence-electron chi connectivity index (χ1n) is 5.95. The molecule has 0 heterocycles. The fourth-order valence-corrected chi connectivity index (χ4v) is 1.90. The summed E-state index contributed by atoms with van der Waals surface area (Å²) in [7, 11) is 0. The second-order valence-corrected chi connectivity index (χ2v) is 4.77. The van der Waals surface area contributed by atoms with E-state index in [0.29, 0.717) is 17.8 Å². The van der Waals surface area contributed by atoms with Gasteiger partial charge < -0.3 is 11.1 Å². The number of nitrogens with two attached hydrogens (primary N) is 1. The van der Waals surface area contributed by atoms with Gasteiger partial charge in [0.15, 0.2) is 5.78 Å². The van der Waals surface area contributed by atoms with Crippen molar-refractivity contribution < 1.29 is 4.79 Å². The number of anilines is 2. The molecule has 0 aliphatic heterocycles. The summed E-state index contributed by atoms with van der Waals surface area (Å²) < 4.78 is 0. The van der Waals surface area contributed by atoms with Gasteiger partial charge in [-0.1, -0.05) is 23.7 Å². The van der Waals surface area contributed by atoms with E-state index in [1.165, 1.54) is 6.92 Å². The Morgan fingerprint density at radius 2 is 1.89 bits per heavy atom. The molecule has 0 saturated heterocycles. The molecule has 2 aromatic carbocycles. The van der Waals surface area contributed by atoms with Gasteiger partial charge in [0, 0.05) is 28.5 Å². The third kappa shape index (κ3) is 3.48. The smallest absolute Gasteiger partial charge is 0.161 e. The topological polar surface area (TPSA) is 55.1 Å². The van der Waals surface area contributed by atoms with Crippen molar-refractivity contribution in [3.05, 3.63) is 58.6 Å². The van der Waals surface area contributed by atoms with E-state index < -0.39 is 0 Å². The van der Waals surface area contributed by atoms with Crippen molar-refractivity contribution in [1.29, 1.82) is 0 Å². The zero-order chi connectivity index (χ0) is 13.8. The molecule has 2 aromatic rings. The highest BCUT2D eigenvalue weighted by atomic mass is 35.5. The predicted molar refractivity (Wildman–Crippen MR) is 79.6 cm³/mol. The van der Waals surface area contributed by atoms with Crippen LogP contribution in [0.3, 0.4) is 0 Å². The van der Waals surface area contributed by atoms with Crippen molar-refractivity contribution >= 4 is 28.8 Å². The molecule has 0 unspecified atom stereocenters. The number of hydrogen-bond donors (Lipinski definition) is 2. The number of carbonyl (C=O) groups excluding carboxylic acids is 1. The molecule has 98 valence electrons. The minimum Gasteiger partial charge on any atom is -0.398 e. The third-order valence-corrected chi connectivity index (χ3v) is 3.09. The zero-order valence-corrected chi connectivity index (χ0v) is 11.4. The molecule has 3 N–H and O–H groups in total. The molecule has 0 aliphatic carbocycles. The van der Waals surface area contributed by atoms with E-state index in [-0.39, 0.29) is 5.78 Å². The summed E-state index contributed by atoms with van der Waals surface area (Å²) in [4.78, 5) is 11.4. The van der Waals surface area contributed by atoms with Gasteiger partial charge >= 0.3 is 0 Å². The lowest BCUT2D eigenvalue weighted by atomic mass is 10.1. The largest absolute Gasteiger partial charge is 0.398 e. The van der Waals surface area contributed by atoms with Crippen LogP contribution in [0.1, 0.15) is 22.8 Å².